The molecule has 3 heterocycles. The minimum absolute atomic E-state index is 0.0920. The minimum Gasteiger partial charge on any atom is -0.337 e. The summed E-state index contributed by atoms with van der Waals surface area (Å²) in [7, 11) is 0. The molecule has 9 nitrogen and oxygen atoms in total. The van der Waals surface area contributed by atoms with Crippen LogP contribution in [0.4, 0.5) is 0 Å². The van der Waals surface area contributed by atoms with Crippen molar-refractivity contribution in [3.05, 3.63) is 65.5 Å². The molecule has 1 aliphatic rings. The lowest BCUT2D eigenvalue weighted by molar-refractivity contribution is 0.0664. The van der Waals surface area contributed by atoms with Crippen LogP contribution in [-0.4, -0.2) is 66.6 Å². The fourth-order valence-electron chi connectivity index (χ4n) is 3.45. The van der Waals surface area contributed by atoms with Crippen molar-refractivity contribution in [2.75, 3.05) is 19.6 Å². The van der Waals surface area contributed by atoms with Gasteiger partial charge in [-0.15, -0.1) is 0 Å². The van der Waals surface area contributed by atoms with Crippen LogP contribution in [0.1, 0.15) is 44.8 Å². The Balaban J connectivity index is 1.62. The number of nitrogens with zero attached hydrogens (tertiary/aromatic N) is 5. The largest absolute Gasteiger partial charge is 0.337 e. The zero-order chi connectivity index (χ0) is 19.5. The summed E-state index contributed by atoms with van der Waals surface area (Å²) in [5, 5.41) is 13.6. The average molecular weight is 379 g/mol. The molecule has 1 unspecified atom stereocenters. The van der Waals surface area contributed by atoms with Gasteiger partial charge in [0.05, 0.1) is 17.8 Å². The number of amides is 2. The number of hydrogen-bond donors (Lipinski definition) is 2. The summed E-state index contributed by atoms with van der Waals surface area (Å²) in [6, 6.07) is 8.84. The Bertz CT molecular complexity index is 952. The number of hydrogen-bond acceptors (Lipinski definition) is 5. The number of aromatic amines is 2. The summed E-state index contributed by atoms with van der Waals surface area (Å²) >= 11 is 0. The van der Waals surface area contributed by atoms with Crippen molar-refractivity contribution in [1.29, 1.82) is 0 Å². The molecule has 1 fully saturated rings. The summed E-state index contributed by atoms with van der Waals surface area (Å²) in [5.41, 5.74) is 1.11. The second kappa shape index (κ2) is 7.63. The highest BCUT2D eigenvalue weighted by molar-refractivity contribution is 5.95. The maximum atomic E-state index is 13.2. The molecule has 0 spiro atoms. The van der Waals surface area contributed by atoms with Crippen LogP contribution in [0.15, 0.2) is 42.7 Å². The van der Waals surface area contributed by atoms with Crippen LogP contribution in [0.5, 0.6) is 0 Å². The SMILES string of the molecule is Cc1nc(C2CCN(C(=O)c3cn[nH]c3)CCN2C(=O)c2ccccc2)n[nH]1. The number of carbonyl (C=O) groups excluding carboxylic acids is 2. The number of nitrogens with one attached hydrogen (secondary N) is 2. The first kappa shape index (κ1) is 17.9. The second-order valence-electron chi connectivity index (χ2n) is 6.73. The molecule has 3 aromatic rings. The molecule has 144 valence electrons. The standard InChI is InChI=1S/C19H21N7O2/c1-13-22-17(24-23-13)16-7-8-25(18(27)15-11-20-21-12-15)9-10-26(16)19(28)14-5-3-2-4-6-14/h2-6,11-12,16H,7-10H2,1H3,(H,20,21)(H,22,23,24). The van der Waals surface area contributed by atoms with Crippen LogP contribution in [0.2, 0.25) is 0 Å². The highest BCUT2D eigenvalue weighted by Gasteiger charge is 2.33. The molecule has 2 amide bonds. The molecule has 0 aliphatic carbocycles. The molecule has 9 heteroatoms. The van der Waals surface area contributed by atoms with Gasteiger partial charge in [-0.3, -0.25) is 19.8 Å². The molecular weight excluding hydrogens is 358 g/mol. The number of aryl methyl sites for hydroxylation is 1. The third kappa shape index (κ3) is 3.51. The van der Waals surface area contributed by atoms with Crippen molar-refractivity contribution in [3.63, 3.8) is 0 Å². The molecule has 2 aromatic heterocycles. The smallest absolute Gasteiger partial charge is 0.257 e. The van der Waals surface area contributed by atoms with E-state index in [2.05, 4.69) is 25.4 Å². The van der Waals surface area contributed by atoms with Gasteiger partial charge in [-0.2, -0.15) is 10.2 Å². The maximum Gasteiger partial charge on any atom is 0.257 e. The Morgan fingerprint density at radius 3 is 2.57 bits per heavy atom. The maximum absolute atomic E-state index is 13.2. The van der Waals surface area contributed by atoms with Crippen LogP contribution >= 0.6 is 0 Å². The molecule has 0 radical (unpaired) electrons. The number of aromatic nitrogens is 5. The fraction of sp³-hybridized carbons (Fsp3) is 0.316. The number of carbonyl (C=O) groups is 2. The highest BCUT2D eigenvalue weighted by atomic mass is 16.2. The first-order valence-corrected chi connectivity index (χ1v) is 9.16. The molecule has 4 rings (SSSR count). The first-order valence-electron chi connectivity index (χ1n) is 9.16. The lowest BCUT2D eigenvalue weighted by atomic mass is 10.1. The molecule has 1 saturated heterocycles. The second-order valence-corrected chi connectivity index (χ2v) is 6.73. The molecule has 1 aliphatic heterocycles. The van der Waals surface area contributed by atoms with Gasteiger partial charge in [0.15, 0.2) is 5.82 Å². The van der Waals surface area contributed by atoms with Gasteiger partial charge >= 0.3 is 0 Å². The van der Waals surface area contributed by atoms with Crippen LogP contribution in [0.25, 0.3) is 0 Å². The van der Waals surface area contributed by atoms with E-state index < -0.39 is 0 Å². The fourth-order valence-corrected chi connectivity index (χ4v) is 3.45. The molecule has 0 bridgehead atoms. The first-order chi connectivity index (χ1) is 13.6. The summed E-state index contributed by atoms with van der Waals surface area (Å²) < 4.78 is 0. The van der Waals surface area contributed by atoms with Gasteiger partial charge in [0.2, 0.25) is 0 Å². The third-order valence-electron chi connectivity index (χ3n) is 4.89. The number of H-pyrrole nitrogens is 2. The summed E-state index contributed by atoms with van der Waals surface area (Å²) in [6.45, 7) is 3.16. The van der Waals surface area contributed by atoms with Crippen LogP contribution in [-0.2, 0) is 0 Å². The van der Waals surface area contributed by atoms with Crippen molar-refractivity contribution >= 4 is 11.8 Å². The van der Waals surface area contributed by atoms with Crippen molar-refractivity contribution < 1.29 is 9.59 Å². The number of benzene rings is 1. The van der Waals surface area contributed by atoms with E-state index in [0.717, 1.165) is 0 Å². The molecule has 2 N–H and O–H groups in total. The van der Waals surface area contributed by atoms with Gasteiger partial charge < -0.3 is 9.80 Å². The number of rotatable bonds is 3. The van der Waals surface area contributed by atoms with Crippen molar-refractivity contribution in [2.24, 2.45) is 0 Å². The Hall–Kier alpha value is -3.49. The average Bonchev–Trinajstić information content (AvgIpc) is 3.35. The Labute approximate surface area is 161 Å². The summed E-state index contributed by atoms with van der Waals surface area (Å²) in [4.78, 5) is 33.9. The topological polar surface area (TPSA) is 111 Å². The van der Waals surface area contributed by atoms with Gasteiger partial charge in [-0.25, -0.2) is 4.98 Å². The minimum atomic E-state index is -0.306. The van der Waals surface area contributed by atoms with Crippen LogP contribution < -0.4 is 0 Å². The monoisotopic (exact) mass is 379 g/mol. The van der Waals surface area contributed by atoms with E-state index >= 15 is 0 Å². The van der Waals surface area contributed by atoms with E-state index in [9.17, 15) is 9.59 Å². The van der Waals surface area contributed by atoms with Crippen LogP contribution in [0, 0.1) is 6.92 Å². The highest BCUT2D eigenvalue weighted by Crippen LogP contribution is 2.27. The Kier molecular flexibility index (Phi) is 4.88. The zero-order valence-electron chi connectivity index (χ0n) is 15.5. The van der Waals surface area contributed by atoms with E-state index in [1.807, 2.05) is 25.1 Å². The quantitative estimate of drug-likeness (QED) is 0.717. The molecular formula is C19H21N7O2. The Morgan fingerprint density at radius 1 is 1.07 bits per heavy atom. The van der Waals surface area contributed by atoms with E-state index in [1.165, 1.54) is 6.20 Å². The van der Waals surface area contributed by atoms with E-state index in [0.29, 0.717) is 48.8 Å². The predicted molar refractivity (Wildman–Crippen MR) is 100 cm³/mol. The third-order valence-corrected chi connectivity index (χ3v) is 4.89. The van der Waals surface area contributed by atoms with E-state index in [1.54, 1.807) is 28.1 Å². The molecule has 1 atom stereocenters. The van der Waals surface area contributed by atoms with E-state index in [-0.39, 0.29) is 17.9 Å². The summed E-state index contributed by atoms with van der Waals surface area (Å²) in [6.07, 6.45) is 3.64. The van der Waals surface area contributed by atoms with Crippen molar-refractivity contribution in [1.82, 2.24) is 35.2 Å². The van der Waals surface area contributed by atoms with Gasteiger partial charge in [-0.05, 0) is 25.5 Å². The van der Waals surface area contributed by atoms with Crippen molar-refractivity contribution in [2.45, 2.75) is 19.4 Å². The zero-order valence-corrected chi connectivity index (χ0v) is 15.5. The Morgan fingerprint density at radius 2 is 1.89 bits per heavy atom. The van der Waals surface area contributed by atoms with Gasteiger partial charge in [0.1, 0.15) is 5.82 Å². The lowest BCUT2D eigenvalue weighted by Crippen LogP contribution is -2.38. The lowest BCUT2D eigenvalue weighted by Gasteiger charge is -2.27. The normalized spacial score (nSPS) is 17.4. The van der Waals surface area contributed by atoms with Gasteiger partial charge in [0.25, 0.3) is 11.8 Å². The van der Waals surface area contributed by atoms with Crippen molar-refractivity contribution in [3.8, 4) is 0 Å². The molecule has 28 heavy (non-hydrogen) atoms. The molecule has 1 aromatic carbocycles. The van der Waals surface area contributed by atoms with Gasteiger partial charge in [0, 0.05) is 31.4 Å². The van der Waals surface area contributed by atoms with Gasteiger partial charge in [-0.1, -0.05) is 18.2 Å². The molecule has 0 saturated carbocycles. The predicted octanol–water partition coefficient (Wildman–Crippen LogP) is 1.57. The summed E-state index contributed by atoms with van der Waals surface area (Å²) in [5.74, 6) is 1.07. The van der Waals surface area contributed by atoms with Crippen LogP contribution in [0.3, 0.4) is 0 Å². The van der Waals surface area contributed by atoms with E-state index in [4.69, 9.17) is 0 Å².